The number of amides is 1. The number of allylic oxidation sites excluding steroid dienone is 11. The maximum absolute atomic E-state index is 13.0. The first-order valence-electron chi connectivity index (χ1n) is 33.2. The zero-order valence-corrected chi connectivity index (χ0v) is 51.3. The van der Waals surface area contributed by atoms with Crippen molar-refractivity contribution in [3.63, 3.8) is 0 Å². The third kappa shape index (κ3) is 46.6. The van der Waals surface area contributed by atoms with Crippen LogP contribution in [0, 0.1) is 0 Å². The second-order valence-electron chi connectivity index (χ2n) is 22.8. The van der Waals surface area contributed by atoms with Crippen LogP contribution in [0.1, 0.15) is 290 Å². The summed E-state index contributed by atoms with van der Waals surface area (Å²) < 4.78 is 16.7. The molecule has 1 fully saturated rings. The van der Waals surface area contributed by atoms with Crippen molar-refractivity contribution >= 4 is 11.9 Å². The number of carbonyl (C=O) groups is 2. The first kappa shape index (κ1) is 75.1. The highest BCUT2D eigenvalue weighted by Gasteiger charge is 2.44. The molecule has 1 amide bonds. The molecule has 0 bridgehead atoms. The Morgan fingerprint density at radius 2 is 0.900 bits per heavy atom. The molecule has 1 saturated heterocycles. The Labute approximate surface area is 490 Å². The van der Waals surface area contributed by atoms with Crippen molar-refractivity contribution in [2.45, 2.75) is 333 Å². The van der Waals surface area contributed by atoms with Gasteiger partial charge >= 0.3 is 5.97 Å². The molecule has 464 valence electrons. The summed E-state index contributed by atoms with van der Waals surface area (Å²) in [4.78, 5) is 25.0. The van der Waals surface area contributed by atoms with Gasteiger partial charge < -0.3 is 45.1 Å². The lowest BCUT2D eigenvalue weighted by Gasteiger charge is -2.40. The van der Waals surface area contributed by atoms with Gasteiger partial charge in [-0.1, -0.05) is 247 Å². The van der Waals surface area contributed by atoms with Gasteiger partial charge in [-0.15, -0.1) is 0 Å². The molecule has 0 aromatic heterocycles. The molecule has 1 aliphatic rings. The Morgan fingerprint density at radius 1 is 0.487 bits per heavy atom. The number of rotatable bonds is 57. The number of carbonyl (C=O) groups excluding carboxylic acids is 2. The number of hydrogen-bond donors (Lipinski definition) is 6. The van der Waals surface area contributed by atoms with E-state index >= 15 is 0 Å². The molecule has 1 heterocycles. The fourth-order valence-corrected chi connectivity index (χ4v) is 10.1. The van der Waals surface area contributed by atoms with Gasteiger partial charge in [-0.05, 0) is 103 Å². The predicted molar refractivity (Wildman–Crippen MR) is 333 cm³/mol. The van der Waals surface area contributed by atoms with Crippen molar-refractivity contribution < 1.29 is 49.3 Å². The van der Waals surface area contributed by atoms with E-state index in [1.165, 1.54) is 193 Å². The van der Waals surface area contributed by atoms with Crippen LogP contribution in [0.5, 0.6) is 0 Å². The highest BCUT2D eigenvalue weighted by atomic mass is 16.7. The second-order valence-corrected chi connectivity index (χ2v) is 22.8. The van der Waals surface area contributed by atoms with E-state index in [1.807, 2.05) is 19.1 Å². The summed E-state index contributed by atoms with van der Waals surface area (Å²) in [6.07, 6.45) is 67.8. The summed E-state index contributed by atoms with van der Waals surface area (Å²) in [5.74, 6) is -0.206. The lowest BCUT2D eigenvalue weighted by Crippen LogP contribution is -2.60. The van der Waals surface area contributed by atoms with Crippen LogP contribution in [0.15, 0.2) is 72.9 Å². The van der Waals surface area contributed by atoms with Crippen LogP contribution >= 0.6 is 0 Å². The highest BCUT2D eigenvalue weighted by molar-refractivity contribution is 5.76. The lowest BCUT2D eigenvalue weighted by atomic mass is 9.99. The van der Waals surface area contributed by atoms with Crippen LogP contribution in [-0.4, -0.2) is 100 Å². The van der Waals surface area contributed by atoms with Gasteiger partial charge in [-0.25, -0.2) is 0 Å². The smallest absolute Gasteiger partial charge is 0.305 e. The first-order chi connectivity index (χ1) is 39.2. The molecule has 0 aromatic rings. The van der Waals surface area contributed by atoms with Crippen LogP contribution in [0.4, 0.5) is 0 Å². The van der Waals surface area contributed by atoms with Crippen molar-refractivity contribution in [2.75, 3.05) is 19.8 Å². The molecule has 1 rings (SSSR count). The zero-order chi connectivity index (χ0) is 58.0. The Bertz CT molecular complexity index is 1560. The van der Waals surface area contributed by atoms with E-state index in [0.29, 0.717) is 19.4 Å². The van der Waals surface area contributed by atoms with Gasteiger partial charge in [0.1, 0.15) is 24.4 Å². The SMILES string of the molecule is C/C=C/CC/C=C/CC/C=C/C(O)C(COC1OC(CO)C(O)C(O)C1O)NC(=O)CCCCCCCCCCCCCCCC/C=C\CCCCCCCCCCCCCCOC(=O)CCCCCCC/C=C\C/C=C\CCC. The van der Waals surface area contributed by atoms with Gasteiger partial charge in [0.15, 0.2) is 6.29 Å². The molecule has 0 aliphatic carbocycles. The summed E-state index contributed by atoms with van der Waals surface area (Å²) in [5, 5.41) is 54.2. The Kier molecular flexibility index (Phi) is 54.4. The largest absolute Gasteiger partial charge is 0.466 e. The standard InChI is InChI=1S/C69H123NO10/c1-3-5-7-9-11-13-14-33-37-41-45-49-53-57-65(74)78-58-54-50-46-42-38-35-32-30-28-26-24-22-20-18-16-15-17-19-21-23-25-27-29-31-34-36-40-44-48-52-56-64(73)70-61(62(72)55-51-47-43-39-12-10-8-6-4-2)60-79-69-68(77)67(76)66(75)63(59-71)80-69/h4,6-7,9,12-14,16,18,39,51,55,61-63,66-69,71-72,75-77H,3,5,8,10-11,15,17,19-38,40-50,52-54,56-60H2,1-2H3,(H,70,73)/b6-4+,9-7-,14-13-,18-16-,39-12+,55-51+. The van der Waals surface area contributed by atoms with E-state index in [0.717, 1.165) is 70.6 Å². The molecular weight excluding hydrogens is 1000 g/mol. The molecule has 6 N–H and O–H groups in total. The van der Waals surface area contributed by atoms with Gasteiger partial charge in [0.25, 0.3) is 0 Å². The Hall–Kier alpha value is -2.90. The molecule has 11 heteroatoms. The Morgan fingerprint density at radius 3 is 1.39 bits per heavy atom. The number of aliphatic hydroxyl groups excluding tert-OH is 5. The second kappa shape index (κ2) is 57.9. The fraction of sp³-hybridized carbons (Fsp3) is 0.797. The van der Waals surface area contributed by atoms with E-state index in [4.69, 9.17) is 14.2 Å². The number of nitrogens with one attached hydrogen (secondary N) is 1. The molecule has 11 nitrogen and oxygen atoms in total. The monoisotopic (exact) mass is 1130 g/mol. The summed E-state index contributed by atoms with van der Waals surface area (Å²) in [5.41, 5.74) is 0. The summed E-state index contributed by atoms with van der Waals surface area (Å²) in [7, 11) is 0. The third-order valence-electron chi connectivity index (χ3n) is 15.3. The van der Waals surface area contributed by atoms with Gasteiger partial charge in [0, 0.05) is 12.8 Å². The van der Waals surface area contributed by atoms with Crippen LogP contribution < -0.4 is 5.32 Å². The van der Waals surface area contributed by atoms with Crippen LogP contribution in [0.2, 0.25) is 0 Å². The van der Waals surface area contributed by atoms with E-state index in [-0.39, 0.29) is 18.5 Å². The van der Waals surface area contributed by atoms with Gasteiger partial charge in [0.2, 0.25) is 5.91 Å². The quantitative estimate of drug-likeness (QED) is 0.0195. The van der Waals surface area contributed by atoms with Gasteiger partial charge in [0.05, 0.1) is 32.0 Å². The van der Waals surface area contributed by atoms with Crippen molar-refractivity contribution in [2.24, 2.45) is 0 Å². The Balaban J connectivity index is 1.94. The number of aliphatic hydroxyl groups is 5. The van der Waals surface area contributed by atoms with E-state index in [9.17, 15) is 35.1 Å². The van der Waals surface area contributed by atoms with E-state index < -0.39 is 49.5 Å². The highest BCUT2D eigenvalue weighted by Crippen LogP contribution is 2.23. The van der Waals surface area contributed by atoms with Crippen LogP contribution in [0.25, 0.3) is 0 Å². The van der Waals surface area contributed by atoms with Crippen molar-refractivity contribution in [3.8, 4) is 0 Å². The number of ether oxygens (including phenoxy) is 3. The normalized spacial score (nSPS) is 18.8. The number of hydrogen-bond acceptors (Lipinski definition) is 10. The van der Waals surface area contributed by atoms with Crippen molar-refractivity contribution in [3.05, 3.63) is 72.9 Å². The van der Waals surface area contributed by atoms with Crippen LogP contribution in [-0.2, 0) is 23.8 Å². The minimum atomic E-state index is -1.58. The fourth-order valence-electron chi connectivity index (χ4n) is 10.1. The molecule has 80 heavy (non-hydrogen) atoms. The van der Waals surface area contributed by atoms with Crippen molar-refractivity contribution in [1.29, 1.82) is 0 Å². The zero-order valence-electron chi connectivity index (χ0n) is 51.3. The average Bonchev–Trinajstić information content (AvgIpc) is 3.45. The maximum Gasteiger partial charge on any atom is 0.305 e. The molecule has 0 spiro atoms. The molecular formula is C69H123NO10. The molecule has 7 unspecified atom stereocenters. The minimum absolute atomic E-state index is 0.00784. The molecule has 0 saturated carbocycles. The first-order valence-corrected chi connectivity index (χ1v) is 33.2. The third-order valence-corrected chi connectivity index (χ3v) is 15.3. The summed E-state index contributed by atoms with van der Waals surface area (Å²) in [6, 6.07) is -0.833. The molecule has 0 radical (unpaired) electrons. The molecule has 7 atom stereocenters. The van der Waals surface area contributed by atoms with E-state index in [2.05, 4.69) is 66.9 Å². The van der Waals surface area contributed by atoms with E-state index in [1.54, 1.807) is 6.08 Å². The van der Waals surface area contributed by atoms with Crippen LogP contribution in [0.3, 0.4) is 0 Å². The maximum atomic E-state index is 13.0. The number of unbranched alkanes of at least 4 members (excludes halogenated alkanes) is 34. The van der Waals surface area contributed by atoms with Gasteiger partial charge in [-0.3, -0.25) is 9.59 Å². The van der Waals surface area contributed by atoms with Crippen molar-refractivity contribution in [1.82, 2.24) is 5.32 Å². The topological polar surface area (TPSA) is 175 Å². The molecule has 1 aliphatic heterocycles. The lowest BCUT2D eigenvalue weighted by molar-refractivity contribution is -0.302. The van der Waals surface area contributed by atoms with Gasteiger partial charge in [-0.2, -0.15) is 0 Å². The summed E-state index contributed by atoms with van der Waals surface area (Å²) >= 11 is 0. The minimum Gasteiger partial charge on any atom is -0.466 e. The summed E-state index contributed by atoms with van der Waals surface area (Å²) in [6.45, 7) is 4.03. The average molecular weight is 1130 g/mol. The predicted octanol–water partition coefficient (Wildman–Crippen LogP) is 16.3. The molecule has 0 aromatic carbocycles. The number of esters is 1.